The van der Waals surface area contributed by atoms with Crippen LogP contribution in [0.3, 0.4) is 0 Å². The topological polar surface area (TPSA) is 76.6 Å². The first-order chi connectivity index (χ1) is 15.0. The molecule has 1 N–H and O–H groups in total. The second-order valence-corrected chi connectivity index (χ2v) is 6.99. The molecule has 184 valence electrons. The number of nitrogens with one attached hydrogen (secondary N) is 1. The number of halogens is 10. The van der Waals surface area contributed by atoms with Crippen molar-refractivity contribution in [3.63, 3.8) is 0 Å². The van der Waals surface area contributed by atoms with Crippen LogP contribution >= 0.6 is 11.3 Å². The third kappa shape index (κ3) is 7.79. The molecule has 0 aromatic carbocycles. The Kier molecular flexibility index (Phi) is 7.49. The number of hydrogen-bond acceptors (Lipinski definition) is 6. The van der Waals surface area contributed by atoms with E-state index in [0.29, 0.717) is 11.0 Å². The average Bonchev–Trinajstić information content (AvgIpc) is 3.13. The standard InChI is InChI=1S/C15H10F10N4O3S/c1-29(12(30)26-7-3-2-6(33-7)15(23,24)25)11-27-9(31-4-13(17,18)19)8(16)10(28-11)32-5-14(20,21)22/h2-3H,4-5H2,1H3,(H,26,30). The van der Waals surface area contributed by atoms with Crippen molar-refractivity contribution in [3.8, 4) is 11.8 Å². The molecule has 0 bridgehead atoms. The highest BCUT2D eigenvalue weighted by atomic mass is 32.1. The lowest BCUT2D eigenvalue weighted by molar-refractivity contribution is -0.155. The fourth-order valence-corrected chi connectivity index (χ4v) is 2.64. The Bertz CT molecular complexity index is 951. The molecule has 0 aliphatic rings. The summed E-state index contributed by atoms with van der Waals surface area (Å²) in [5.41, 5.74) is 0. The SMILES string of the molecule is CN(C(=O)Nc1ccc(C(F)(F)F)s1)c1nc(OCC(F)(F)F)c(F)c(OCC(F)(F)F)n1. The molecule has 2 amide bonds. The molecule has 2 aromatic heterocycles. The van der Waals surface area contributed by atoms with E-state index in [2.05, 4.69) is 19.4 Å². The normalized spacial score (nSPS) is 12.5. The highest BCUT2D eigenvalue weighted by Gasteiger charge is 2.34. The smallest absolute Gasteiger partial charge is 0.425 e. The molecule has 7 nitrogen and oxygen atoms in total. The molecule has 0 radical (unpaired) electrons. The van der Waals surface area contributed by atoms with Crippen LogP contribution in [0.5, 0.6) is 11.8 Å². The van der Waals surface area contributed by atoms with Crippen LogP contribution in [0.25, 0.3) is 0 Å². The van der Waals surface area contributed by atoms with Gasteiger partial charge in [0.15, 0.2) is 13.2 Å². The van der Waals surface area contributed by atoms with E-state index in [4.69, 9.17) is 0 Å². The molecule has 2 rings (SSSR count). The van der Waals surface area contributed by atoms with Crippen LogP contribution in [0.2, 0.25) is 0 Å². The number of ether oxygens (including phenoxy) is 2. The van der Waals surface area contributed by atoms with E-state index >= 15 is 0 Å². The van der Waals surface area contributed by atoms with Gasteiger partial charge in [-0.15, -0.1) is 11.3 Å². The Labute approximate surface area is 180 Å². The minimum atomic E-state index is -4.98. The van der Waals surface area contributed by atoms with Crippen LogP contribution < -0.4 is 19.7 Å². The van der Waals surface area contributed by atoms with E-state index in [9.17, 15) is 48.7 Å². The fraction of sp³-hybridized carbons (Fsp3) is 0.400. The summed E-state index contributed by atoms with van der Waals surface area (Å²) in [6.45, 7) is -4.19. The lowest BCUT2D eigenvalue weighted by atomic mass is 10.4. The van der Waals surface area contributed by atoms with Gasteiger partial charge in [0.05, 0.1) is 5.00 Å². The Hall–Kier alpha value is -3.05. The van der Waals surface area contributed by atoms with Crippen LogP contribution in [0.15, 0.2) is 12.1 Å². The largest absolute Gasteiger partial charge is 0.466 e. The molecule has 0 spiro atoms. The molecule has 0 atom stereocenters. The number of hydrogen-bond donors (Lipinski definition) is 1. The quantitative estimate of drug-likeness (QED) is 0.532. The molecule has 0 saturated heterocycles. The molecule has 2 heterocycles. The number of alkyl halides is 9. The lowest BCUT2D eigenvalue weighted by Crippen LogP contribution is -2.33. The molecule has 0 aliphatic heterocycles. The number of urea groups is 1. The molecule has 2 aromatic rings. The van der Waals surface area contributed by atoms with Crippen molar-refractivity contribution >= 4 is 28.3 Å². The van der Waals surface area contributed by atoms with Gasteiger partial charge in [-0.3, -0.25) is 10.2 Å². The zero-order valence-corrected chi connectivity index (χ0v) is 16.6. The van der Waals surface area contributed by atoms with Crippen molar-refractivity contribution in [2.24, 2.45) is 0 Å². The first-order valence-corrected chi connectivity index (χ1v) is 8.96. The monoisotopic (exact) mass is 516 g/mol. The number of amides is 2. The summed E-state index contributed by atoms with van der Waals surface area (Å²) < 4.78 is 135. The van der Waals surface area contributed by atoms with Crippen LogP contribution in [0.4, 0.5) is 59.6 Å². The summed E-state index contributed by atoms with van der Waals surface area (Å²) >= 11 is 0.127. The maximum Gasteiger partial charge on any atom is 0.425 e. The Morgan fingerprint density at radius 2 is 1.45 bits per heavy atom. The van der Waals surface area contributed by atoms with Crippen molar-refractivity contribution in [1.29, 1.82) is 0 Å². The van der Waals surface area contributed by atoms with Crippen molar-refractivity contribution < 1.29 is 58.2 Å². The zero-order chi connectivity index (χ0) is 25.2. The number of thiophene rings is 1. The number of aromatic nitrogens is 2. The van der Waals surface area contributed by atoms with Crippen LogP contribution in [0, 0.1) is 5.82 Å². The molecular weight excluding hydrogens is 506 g/mol. The van der Waals surface area contributed by atoms with Gasteiger partial charge in [-0.1, -0.05) is 0 Å². The van der Waals surface area contributed by atoms with Crippen molar-refractivity contribution in [2.45, 2.75) is 18.5 Å². The summed E-state index contributed by atoms with van der Waals surface area (Å²) in [5, 5.41) is 1.67. The van der Waals surface area contributed by atoms with Crippen molar-refractivity contribution in [3.05, 3.63) is 22.8 Å². The third-order valence-electron chi connectivity index (χ3n) is 3.24. The highest BCUT2D eigenvalue weighted by Crippen LogP contribution is 2.37. The number of anilines is 2. The van der Waals surface area contributed by atoms with Gasteiger partial charge < -0.3 is 9.47 Å². The minimum Gasteiger partial charge on any atom is -0.466 e. The summed E-state index contributed by atoms with van der Waals surface area (Å²) in [5.74, 6) is -5.85. The molecule has 18 heteroatoms. The van der Waals surface area contributed by atoms with Gasteiger partial charge in [-0.2, -0.15) is 53.9 Å². The molecular formula is C15H10F10N4O3S. The Morgan fingerprint density at radius 1 is 0.970 bits per heavy atom. The molecule has 33 heavy (non-hydrogen) atoms. The van der Waals surface area contributed by atoms with E-state index in [0.717, 1.165) is 13.1 Å². The van der Waals surface area contributed by atoms with Gasteiger partial charge in [0.25, 0.3) is 11.8 Å². The van der Waals surface area contributed by atoms with Gasteiger partial charge in [-0.25, -0.2) is 4.79 Å². The van der Waals surface area contributed by atoms with Gasteiger partial charge >= 0.3 is 24.6 Å². The van der Waals surface area contributed by atoms with Gasteiger partial charge in [-0.05, 0) is 12.1 Å². The van der Waals surface area contributed by atoms with E-state index in [1.807, 2.05) is 5.32 Å². The second-order valence-electron chi connectivity index (χ2n) is 5.91. The van der Waals surface area contributed by atoms with E-state index in [1.54, 1.807) is 0 Å². The van der Waals surface area contributed by atoms with Crippen LogP contribution in [-0.4, -0.2) is 48.6 Å². The summed E-state index contributed by atoms with van der Waals surface area (Å²) in [6, 6.07) is 0.280. The second kappa shape index (κ2) is 9.44. The van der Waals surface area contributed by atoms with Crippen LogP contribution in [0.1, 0.15) is 4.88 Å². The zero-order valence-electron chi connectivity index (χ0n) is 15.8. The highest BCUT2D eigenvalue weighted by molar-refractivity contribution is 7.16. The first-order valence-electron chi connectivity index (χ1n) is 8.14. The number of rotatable bonds is 6. The summed E-state index contributed by atoms with van der Waals surface area (Å²) in [4.78, 5) is 18.0. The average molecular weight is 516 g/mol. The van der Waals surface area contributed by atoms with Gasteiger partial charge in [0.1, 0.15) is 4.88 Å². The number of nitrogens with zero attached hydrogens (tertiary/aromatic N) is 3. The van der Waals surface area contributed by atoms with Crippen molar-refractivity contribution in [2.75, 3.05) is 30.5 Å². The Morgan fingerprint density at radius 3 is 1.85 bits per heavy atom. The van der Waals surface area contributed by atoms with E-state index < -0.39 is 66.2 Å². The summed E-state index contributed by atoms with van der Waals surface area (Å²) in [7, 11) is 0.849. The van der Waals surface area contributed by atoms with E-state index in [-0.39, 0.29) is 16.3 Å². The van der Waals surface area contributed by atoms with Gasteiger partial charge in [0.2, 0.25) is 11.8 Å². The maximum absolute atomic E-state index is 14.2. The Balaban J connectivity index is 2.31. The lowest BCUT2D eigenvalue weighted by Gasteiger charge is -2.18. The first kappa shape index (κ1) is 26.2. The maximum atomic E-state index is 14.2. The predicted octanol–water partition coefficient (Wildman–Crippen LogP) is 5.25. The summed E-state index contributed by atoms with van der Waals surface area (Å²) in [6.07, 6.45) is -14.7. The number of carbonyl (C=O) groups excluding carboxylic acids is 1. The molecule has 0 unspecified atom stereocenters. The molecule has 0 aliphatic carbocycles. The van der Waals surface area contributed by atoms with Crippen molar-refractivity contribution in [1.82, 2.24) is 9.97 Å². The third-order valence-corrected chi connectivity index (χ3v) is 4.29. The van der Waals surface area contributed by atoms with Gasteiger partial charge in [0, 0.05) is 7.05 Å². The predicted molar refractivity (Wildman–Crippen MR) is 91.8 cm³/mol. The van der Waals surface area contributed by atoms with E-state index in [1.165, 1.54) is 0 Å². The fourth-order valence-electron chi connectivity index (χ4n) is 1.88. The number of carbonyl (C=O) groups is 1. The minimum absolute atomic E-state index is 0.127. The molecule has 0 saturated carbocycles. The molecule has 0 fully saturated rings. The van der Waals surface area contributed by atoms with Crippen LogP contribution in [-0.2, 0) is 6.18 Å².